The van der Waals surface area contributed by atoms with E-state index in [-0.39, 0.29) is 90.3 Å². The van der Waals surface area contributed by atoms with Crippen molar-refractivity contribution in [1.29, 1.82) is 0 Å². The predicted octanol–water partition coefficient (Wildman–Crippen LogP) is 10.7. The van der Waals surface area contributed by atoms with E-state index in [9.17, 15) is 53.5 Å². The lowest BCUT2D eigenvalue weighted by atomic mass is 9.99. The number of halogens is 10. The molecule has 0 aromatic heterocycles. The molecule has 0 N–H and O–H groups in total. The van der Waals surface area contributed by atoms with Crippen LogP contribution in [0.2, 0.25) is 0 Å². The van der Waals surface area contributed by atoms with Gasteiger partial charge in [0.25, 0.3) is 0 Å². The second-order valence-electron chi connectivity index (χ2n) is 14.0. The number of ether oxygens (including phenoxy) is 5. The number of carbonyl (C=O) groups is 2. The smallest absolute Gasteiger partial charge is 0.461 e. The zero-order valence-electron chi connectivity index (χ0n) is 31.7. The number of benzene rings is 1. The summed E-state index contributed by atoms with van der Waals surface area (Å²) in [5.74, 6) is -9.93. The van der Waals surface area contributed by atoms with E-state index in [0.717, 1.165) is 32.5 Å². The first-order valence-corrected chi connectivity index (χ1v) is 19.0. The van der Waals surface area contributed by atoms with E-state index in [1.165, 1.54) is 0 Å². The number of nitrogens with zero attached hydrogens (tertiary/aromatic N) is 1. The molecule has 0 aliphatic carbocycles. The molecule has 1 saturated heterocycles. The number of alkyl halides is 10. The fourth-order valence-corrected chi connectivity index (χ4v) is 5.96. The molecule has 1 radical (unpaired) electrons. The van der Waals surface area contributed by atoms with E-state index in [4.69, 9.17) is 23.7 Å². The summed E-state index contributed by atoms with van der Waals surface area (Å²) >= 11 is 0. The van der Waals surface area contributed by atoms with Crippen molar-refractivity contribution >= 4 is 12.1 Å². The average molecular weight is 827 g/mol. The number of carbonyl (C=O) groups excluding carboxylic acids is 2. The summed E-state index contributed by atoms with van der Waals surface area (Å²) in [4.78, 5) is 27.1. The highest BCUT2D eigenvalue weighted by Gasteiger charge is 2.57. The maximum atomic E-state index is 13.1. The van der Waals surface area contributed by atoms with Crippen LogP contribution in [0.3, 0.4) is 0 Å². The molecule has 1 aliphatic heterocycles. The van der Waals surface area contributed by atoms with Gasteiger partial charge >= 0.3 is 36.3 Å². The van der Waals surface area contributed by atoms with Crippen molar-refractivity contribution in [3.8, 4) is 0 Å². The summed E-state index contributed by atoms with van der Waals surface area (Å²) in [6.07, 6.45) is -13.2. The second kappa shape index (κ2) is 24.2. The van der Waals surface area contributed by atoms with Gasteiger partial charge in [0, 0.05) is 44.9 Å². The van der Waals surface area contributed by atoms with Crippen molar-refractivity contribution in [3.63, 3.8) is 0 Å². The van der Waals surface area contributed by atoms with E-state index in [0.29, 0.717) is 29.5 Å². The molecule has 8 nitrogen and oxygen atoms in total. The van der Waals surface area contributed by atoms with Gasteiger partial charge in [-0.2, -0.15) is 43.9 Å². The van der Waals surface area contributed by atoms with E-state index in [2.05, 4.69) is 18.7 Å². The highest BCUT2D eigenvalue weighted by atomic mass is 19.4. The molecular weight excluding hydrogens is 772 g/mol. The second-order valence-corrected chi connectivity index (χ2v) is 14.0. The Balaban J connectivity index is 1.79. The van der Waals surface area contributed by atoms with Crippen LogP contribution in [0.15, 0.2) is 18.2 Å². The number of unbranched alkanes of at least 4 members (excludes halogenated alkanes) is 6. The Morgan fingerprint density at radius 2 is 1.27 bits per heavy atom. The summed E-state index contributed by atoms with van der Waals surface area (Å²) in [6.45, 7) is 8.88. The first-order valence-electron chi connectivity index (χ1n) is 19.0. The van der Waals surface area contributed by atoms with Crippen LogP contribution in [0.25, 0.3) is 0 Å². The summed E-state index contributed by atoms with van der Waals surface area (Å²) in [6, 6.07) is 5.06. The molecule has 56 heavy (non-hydrogen) atoms. The minimum absolute atomic E-state index is 0.00233. The summed E-state index contributed by atoms with van der Waals surface area (Å²) in [7, 11) is 0. The fourth-order valence-electron chi connectivity index (χ4n) is 5.96. The van der Waals surface area contributed by atoms with Gasteiger partial charge in [0.05, 0.1) is 13.0 Å². The van der Waals surface area contributed by atoms with Gasteiger partial charge in [-0.05, 0) is 81.3 Å². The Bertz CT molecular complexity index is 1260. The highest BCUT2D eigenvalue weighted by molar-refractivity contribution is 5.69. The molecule has 323 valence electrons. The van der Waals surface area contributed by atoms with Gasteiger partial charge in [-0.3, -0.25) is 4.79 Å². The maximum absolute atomic E-state index is 13.1. The molecule has 1 heterocycles. The molecule has 18 heteroatoms. The van der Waals surface area contributed by atoms with Crippen LogP contribution in [-0.4, -0.2) is 87.0 Å². The molecule has 0 saturated carbocycles. The standard InChI is InChI=1S/C38H54F10NO7/c1-3-49-18-12-13-29(24-49)25-55-34(51)56-27-31-22-28(2)21-30(23-31)26-54-32(50)14-15-33(52-19-10-6-4-8-16-35(39,40)37(43,44)45)53-20-11-7-5-9-17-36(41,42)38(46,47)48/h21-23,29,33H,2-20,24-27H2,1H3. The molecule has 0 bridgehead atoms. The number of esters is 1. The zero-order valence-corrected chi connectivity index (χ0v) is 31.7. The zero-order chi connectivity index (χ0) is 41.8. The summed E-state index contributed by atoms with van der Waals surface area (Å²) in [5, 5.41) is 0. The lowest BCUT2D eigenvalue weighted by Gasteiger charge is -2.31. The van der Waals surface area contributed by atoms with Crippen LogP contribution in [0, 0.1) is 12.8 Å². The Hall–Kier alpha value is -2.86. The molecule has 1 aromatic rings. The topological polar surface area (TPSA) is 83.5 Å². The first kappa shape index (κ1) is 49.3. The van der Waals surface area contributed by atoms with Gasteiger partial charge in [-0.1, -0.05) is 44.7 Å². The number of piperidine rings is 1. The van der Waals surface area contributed by atoms with Gasteiger partial charge in [-0.15, -0.1) is 0 Å². The molecule has 1 aliphatic rings. The van der Waals surface area contributed by atoms with Gasteiger partial charge in [0.1, 0.15) is 13.2 Å². The largest absolute Gasteiger partial charge is 0.508 e. The van der Waals surface area contributed by atoms with E-state index >= 15 is 0 Å². The Labute approximate surface area is 321 Å². The van der Waals surface area contributed by atoms with Crippen molar-refractivity contribution in [3.05, 3.63) is 41.8 Å². The van der Waals surface area contributed by atoms with Crippen molar-refractivity contribution in [1.82, 2.24) is 4.90 Å². The van der Waals surface area contributed by atoms with Crippen molar-refractivity contribution < 1.29 is 77.2 Å². The molecular formula is C38H54F10NO7. The molecule has 1 fully saturated rings. The van der Waals surface area contributed by atoms with E-state index < -0.39 is 55.5 Å². The van der Waals surface area contributed by atoms with E-state index in [1.54, 1.807) is 18.2 Å². The lowest BCUT2D eigenvalue weighted by Crippen LogP contribution is -2.37. The molecule has 1 aromatic carbocycles. The van der Waals surface area contributed by atoms with Gasteiger partial charge in [0.2, 0.25) is 0 Å². The third kappa shape index (κ3) is 19.5. The van der Waals surface area contributed by atoms with Crippen LogP contribution < -0.4 is 0 Å². The Kier molecular flexibility index (Phi) is 21.3. The predicted molar refractivity (Wildman–Crippen MR) is 185 cm³/mol. The van der Waals surface area contributed by atoms with Crippen molar-refractivity contribution in [2.45, 2.75) is 141 Å². The quantitative estimate of drug-likeness (QED) is 0.0395. The number of hydrogen-bond acceptors (Lipinski definition) is 8. The minimum Gasteiger partial charge on any atom is -0.461 e. The SMILES string of the molecule is [CH2]c1cc(COC(=O)CCC(OCCCCCCC(F)(F)C(F)(F)F)OCCCCCCC(F)(F)C(F)(F)F)cc(COC(=O)OCC2CCCN(CC)C2)c1. The molecule has 0 amide bonds. The molecule has 0 spiro atoms. The van der Waals surface area contributed by atoms with Crippen LogP contribution >= 0.6 is 0 Å². The third-order valence-electron chi connectivity index (χ3n) is 9.15. The van der Waals surface area contributed by atoms with Crippen molar-refractivity contribution in [2.75, 3.05) is 39.5 Å². The molecule has 1 atom stereocenters. The monoisotopic (exact) mass is 826 g/mol. The van der Waals surface area contributed by atoms with Gasteiger partial charge in [0.15, 0.2) is 6.29 Å². The Morgan fingerprint density at radius 1 is 0.750 bits per heavy atom. The number of hydrogen-bond donors (Lipinski definition) is 0. The highest BCUT2D eigenvalue weighted by Crippen LogP contribution is 2.40. The molecule has 1 unspecified atom stereocenters. The maximum Gasteiger partial charge on any atom is 0.508 e. The lowest BCUT2D eigenvalue weighted by molar-refractivity contribution is -0.284. The van der Waals surface area contributed by atoms with E-state index in [1.807, 2.05) is 0 Å². The Morgan fingerprint density at radius 3 is 1.79 bits per heavy atom. The third-order valence-corrected chi connectivity index (χ3v) is 9.15. The van der Waals surface area contributed by atoms with Crippen LogP contribution in [-0.2, 0) is 41.7 Å². The summed E-state index contributed by atoms with van der Waals surface area (Å²) < 4.78 is 154. The molecule has 2 rings (SSSR count). The average Bonchev–Trinajstić information content (AvgIpc) is 3.12. The van der Waals surface area contributed by atoms with Crippen LogP contribution in [0.5, 0.6) is 0 Å². The van der Waals surface area contributed by atoms with Crippen LogP contribution in [0.1, 0.15) is 114 Å². The van der Waals surface area contributed by atoms with Crippen LogP contribution in [0.4, 0.5) is 48.7 Å². The minimum atomic E-state index is -5.62. The summed E-state index contributed by atoms with van der Waals surface area (Å²) in [5.41, 5.74) is 1.75. The number of likely N-dealkylation sites (tertiary alicyclic amines) is 1. The fraction of sp³-hybridized carbons (Fsp3) is 0.763. The van der Waals surface area contributed by atoms with Gasteiger partial charge in [-0.25, -0.2) is 4.79 Å². The first-order chi connectivity index (χ1) is 26.2. The van der Waals surface area contributed by atoms with Crippen molar-refractivity contribution in [2.24, 2.45) is 5.92 Å². The number of rotatable bonds is 26. The van der Waals surface area contributed by atoms with Gasteiger partial charge < -0.3 is 28.6 Å². The normalized spacial score (nSPS) is 16.0.